The van der Waals surface area contributed by atoms with Crippen LogP contribution in [0.3, 0.4) is 0 Å². The van der Waals surface area contributed by atoms with E-state index >= 15 is 0 Å². The number of ether oxygens (including phenoxy) is 1. The van der Waals surface area contributed by atoms with Crippen LogP contribution in [0.1, 0.15) is 52.9 Å². The Bertz CT molecular complexity index is 153. The average molecular weight is 213 g/mol. The third kappa shape index (κ3) is 4.98. The van der Waals surface area contributed by atoms with Crippen LogP contribution in [0.25, 0.3) is 0 Å². The molecule has 1 rings (SSSR count). The summed E-state index contributed by atoms with van der Waals surface area (Å²) in [5, 5.41) is 3.57. The van der Waals surface area contributed by atoms with Gasteiger partial charge in [0.25, 0.3) is 0 Å². The molecule has 15 heavy (non-hydrogen) atoms. The molecule has 1 aliphatic carbocycles. The van der Waals surface area contributed by atoms with Crippen molar-refractivity contribution in [3.05, 3.63) is 0 Å². The van der Waals surface area contributed by atoms with E-state index < -0.39 is 0 Å². The summed E-state index contributed by atoms with van der Waals surface area (Å²) in [4.78, 5) is 0. The van der Waals surface area contributed by atoms with Crippen molar-refractivity contribution in [3.8, 4) is 0 Å². The maximum atomic E-state index is 5.96. The van der Waals surface area contributed by atoms with Gasteiger partial charge in [-0.05, 0) is 31.7 Å². The highest BCUT2D eigenvalue weighted by molar-refractivity contribution is 4.73. The molecular formula is C13H27NO. The molecular weight excluding hydrogens is 186 g/mol. The Labute approximate surface area is 94.8 Å². The Morgan fingerprint density at radius 1 is 1.27 bits per heavy atom. The minimum atomic E-state index is 0.533. The maximum absolute atomic E-state index is 5.96. The fraction of sp³-hybridized carbons (Fsp3) is 1.00. The lowest BCUT2D eigenvalue weighted by atomic mass is 10.1. The summed E-state index contributed by atoms with van der Waals surface area (Å²) in [7, 11) is 0. The van der Waals surface area contributed by atoms with Gasteiger partial charge < -0.3 is 10.1 Å². The summed E-state index contributed by atoms with van der Waals surface area (Å²) in [5.41, 5.74) is 0. The van der Waals surface area contributed by atoms with Crippen molar-refractivity contribution in [2.24, 2.45) is 5.92 Å². The van der Waals surface area contributed by atoms with E-state index in [9.17, 15) is 0 Å². The highest BCUT2D eigenvalue weighted by Gasteiger charge is 2.18. The Morgan fingerprint density at radius 3 is 2.47 bits per heavy atom. The molecule has 2 nitrogen and oxygen atoms in total. The number of hydrogen-bond acceptors (Lipinski definition) is 2. The summed E-state index contributed by atoms with van der Waals surface area (Å²) >= 11 is 0. The van der Waals surface area contributed by atoms with Gasteiger partial charge in [0.15, 0.2) is 0 Å². The molecule has 0 heterocycles. The van der Waals surface area contributed by atoms with E-state index in [-0.39, 0.29) is 0 Å². The number of nitrogens with one attached hydrogen (secondary N) is 1. The van der Waals surface area contributed by atoms with Gasteiger partial charge in [0.1, 0.15) is 0 Å². The first kappa shape index (κ1) is 13.0. The molecule has 2 heteroatoms. The van der Waals surface area contributed by atoms with Gasteiger partial charge >= 0.3 is 0 Å². The van der Waals surface area contributed by atoms with Gasteiger partial charge in [0.05, 0.1) is 12.7 Å². The Morgan fingerprint density at radius 2 is 1.93 bits per heavy atom. The van der Waals surface area contributed by atoms with Gasteiger partial charge in [-0.1, -0.05) is 33.6 Å². The second-order valence-corrected chi connectivity index (χ2v) is 5.04. The molecule has 90 valence electrons. The molecule has 0 aromatic carbocycles. The summed E-state index contributed by atoms with van der Waals surface area (Å²) in [6.45, 7) is 8.75. The van der Waals surface area contributed by atoms with E-state index in [1.807, 2.05) is 0 Å². The second-order valence-electron chi connectivity index (χ2n) is 5.04. The predicted octanol–water partition coefficient (Wildman–Crippen LogP) is 2.97. The van der Waals surface area contributed by atoms with E-state index in [1.165, 1.54) is 32.1 Å². The maximum Gasteiger partial charge on any atom is 0.0625 e. The largest absolute Gasteiger partial charge is 0.377 e. The zero-order valence-electron chi connectivity index (χ0n) is 10.6. The molecule has 0 aromatic rings. The molecule has 0 saturated heterocycles. The summed E-state index contributed by atoms with van der Waals surface area (Å²) in [6, 6.07) is 0.533. The van der Waals surface area contributed by atoms with Gasteiger partial charge in [0.2, 0.25) is 0 Å². The smallest absolute Gasteiger partial charge is 0.0625 e. The molecule has 1 fully saturated rings. The summed E-state index contributed by atoms with van der Waals surface area (Å²) < 4.78 is 5.96. The highest BCUT2D eigenvalue weighted by atomic mass is 16.5. The first-order chi connectivity index (χ1) is 7.24. The quantitative estimate of drug-likeness (QED) is 0.702. The van der Waals surface area contributed by atoms with Crippen molar-refractivity contribution in [1.29, 1.82) is 0 Å². The predicted molar refractivity (Wildman–Crippen MR) is 65.1 cm³/mol. The lowest BCUT2D eigenvalue weighted by Gasteiger charge is -2.24. The van der Waals surface area contributed by atoms with Crippen LogP contribution in [-0.4, -0.2) is 25.3 Å². The van der Waals surface area contributed by atoms with E-state index in [2.05, 4.69) is 26.1 Å². The highest BCUT2D eigenvalue weighted by Crippen LogP contribution is 2.21. The van der Waals surface area contributed by atoms with Crippen molar-refractivity contribution in [2.75, 3.05) is 13.2 Å². The standard InChI is InChI=1S/C13H27NO/c1-4-9-14-13(11(2)3)10-15-12-7-5-6-8-12/h11-14H,4-10H2,1-3H3. The molecule has 1 atom stereocenters. The second kappa shape index (κ2) is 7.24. The molecule has 0 radical (unpaired) electrons. The van der Waals surface area contributed by atoms with Gasteiger partial charge in [-0.25, -0.2) is 0 Å². The first-order valence-corrected chi connectivity index (χ1v) is 6.59. The van der Waals surface area contributed by atoms with Crippen LogP contribution in [0.4, 0.5) is 0 Å². The first-order valence-electron chi connectivity index (χ1n) is 6.59. The monoisotopic (exact) mass is 213 g/mol. The number of rotatable bonds is 7. The Kier molecular flexibility index (Phi) is 6.26. The van der Waals surface area contributed by atoms with Crippen LogP contribution >= 0.6 is 0 Å². The van der Waals surface area contributed by atoms with Gasteiger partial charge in [-0.2, -0.15) is 0 Å². The van der Waals surface area contributed by atoms with E-state index in [4.69, 9.17) is 4.74 Å². The summed E-state index contributed by atoms with van der Waals surface area (Å²) in [6.07, 6.45) is 7.03. The van der Waals surface area contributed by atoms with Crippen molar-refractivity contribution < 1.29 is 4.74 Å². The zero-order valence-corrected chi connectivity index (χ0v) is 10.6. The van der Waals surface area contributed by atoms with Gasteiger partial charge in [0, 0.05) is 6.04 Å². The molecule has 1 unspecified atom stereocenters. The zero-order chi connectivity index (χ0) is 11.1. The molecule has 0 aliphatic heterocycles. The minimum Gasteiger partial charge on any atom is -0.377 e. The number of hydrogen-bond donors (Lipinski definition) is 1. The van der Waals surface area contributed by atoms with Gasteiger partial charge in [-0.3, -0.25) is 0 Å². The topological polar surface area (TPSA) is 21.3 Å². The van der Waals surface area contributed by atoms with Crippen LogP contribution in [0, 0.1) is 5.92 Å². The van der Waals surface area contributed by atoms with Crippen LogP contribution in [0.5, 0.6) is 0 Å². The molecule has 1 saturated carbocycles. The minimum absolute atomic E-state index is 0.533. The van der Waals surface area contributed by atoms with Gasteiger partial charge in [-0.15, -0.1) is 0 Å². The third-order valence-corrected chi connectivity index (χ3v) is 3.27. The van der Waals surface area contributed by atoms with Crippen LogP contribution in [0.2, 0.25) is 0 Å². The van der Waals surface area contributed by atoms with E-state index in [1.54, 1.807) is 0 Å². The molecule has 1 aliphatic rings. The van der Waals surface area contributed by atoms with Crippen molar-refractivity contribution in [2.45, 2.75) is 65.0 Å². The van der Waals surface area contributed by atoms with Crippen LogP contribution < -0.4 is 5.32 Å². The molecule has 0 aromatic heterocycles. The lowest BCUT2D eigenvalue weighted by Crippen LogP contribution is -2.39. The van der Waals surface area contributed by atoms with Crippen molar-refractivity contribution >= 4 is 0 Å². The fourth-order valence-electron chi connectivity index (χ4n) is 2.11. The van der Waals surface area contributed by atoms with E-state index in [0.717, 1.165) is 13.2 Å². The summed E-state index contributed by atoms with van der Waals surface area (Å²) in [5.74, 6) is 0.665. The molecule has 1 N–H and O–H groups in total. The molecule has 0 amide bonds. The SMILES string of the molecule is CCCNC(COC1CCCC1)C(C)C. The Hall–Kier alpha value is -0.0800. The Balaban J connectivity index is 2.17. The van der Waals surface area contributed by atoms with Crippen LogP contribution in [-0.2, 0) is 4.74 Å². The van der Waals surface area contributed by atoms with Crippen molar-refractivity contribution in [3.63, 3.8) is 0 Å². The third-order valence-electron chi connectivity index (χ3n) is 3.27. The fourth-order valence-corrected chi connectivity index (χ4v) is 2.11. The van der Waals surface area contributed by atoms with Crippen LogP contribution in [0.15, 0.2) is 0 Å². The average Bonchev–Trinajstić information content (AvgIpc) is 2.70. The lowest BCUT2D eigenvalue weighted by molar-refractivity contribution is 0.0346. The van der Waals surface area contributed by atoms with Crippen molar-refractivity contribution in [1.82, 2.24) is 5.32 Å². The normalized spacial score (nSPS) is 20.0. The molecule has 0 bridgehead atoms. The molecule has 0 spiro atoms. The van der Waals surface area contributed by atoms with E-state index in [0.29, 0.717) is 18.1 Å².